The fourth-order valence-corrected chi connectivity index (χ4v) is 5.79. The number of hydrogen-bond donors (Lipinski definition) is 1. The molecule has 2 aromatic rings. The van der Waals surface area contributed by atoms with Gasteiger partial charge in [0.15, 0.2) is 0 Å². The number of benzene rings is 1. The molecule has 4 heterocycles. The van der Waals surface area contributed by atoms with Gasteiger partial charge in [-0.2, -0.15) is 18.2 Å². The van der Waals surface area contributed by atoms with E-state index < -0.39 is 23.3 Å². The Labute approximate surface area is 214 Å². The van der Waals surface area contributed by atoms with Gasteiger partial charge in [-0.3, -0.25) is 9.89 Å². The largest absolute Gasteiger partial charge is 0.416 e. The average molecular weight is 510 g/mol. The van der Waals surface area contributed by atoms with Crippen LogP contribution in [-0.2, 0) is 6.18 Å². The van der Waals surface area contributed by atoms with Crippen molar-refractivity contribution in [3.8, 4) is 0 Å². The third kappa shape index (κ3) is 4.47. The third-order valence-electron chi connectivity index (χ3n) is 7.86. The summed E-state index contributed by atoms with van der Waals surface area (Å²) >= 11 is 0. The maximum Gasteiger partial charge on any atom is 0.416 e. The molecule has 0 spiro atoms. The number of hydrogen-bond acceptors (Lipinski definition) is 7. The number of allylic oxidation sites excluding steroid dienone is 1. The molecule has 2 saturated heterocycles. The Morgan fingerprint density at radius 2 is 2.08 bits per heavy atom. The van der Waals surface area contributed by atoms with Gasteiger partial charge in [0.1, 0.15) is 11.4 Å². The van der Waals surface area contributed by atoms with Gasteiger partial charge in [-0.05, 0) is 62.6 Å². The Kier molecular flexibility index (Phi) is 5.74. The third-order valence-corrected chi connectivity index (χ3v) is 7.86. The minimum absolute atomic E-state index is 0.0256. The lowest BCUT2D eigenvalue weighted by Crippen LogP contribution is -2.44. The highest BCUT2D eigenvalue weighted by atomic mass is 19.4. The lowest BCUT2D eigenvalue weighted by Gasteiger charge is -2.35. The molecule has 3 aliphatic heterocycles. The predicted molar refractivity (Wildman–Crippen MR) is 137 cm³/mol. The van der Waals surface area contributed by atoms with Gasteiger partial charge in [-0.15, -0.1) is 0 Å². The van der Waals surface area contributed by atoms with Crippen LogP contribution in [-0.4, -0.2) is 63.5 Å². The molecule has 0 amide bonds. The second kappa shape index (κ2) is 8.86. The van der Waals surface area contributed by atoms with Gasteiger partial charge in [0.05, 0.1) is 30.7 Å². The van der Waals surface area contributed by atoms with Crippen molar-refractivity contribution < 1.29 is 13.2 Å². The van der Waals surface area contributed by atoms with Gasteiger partial charge in [0.2, 0.25) is 5.95 Å². The van der Waals surface area contributed by atoms with E-state index in [0.29, 0.717) is 23.4 Å². The summed E-state index contributed by atoms with van der Waals surface area (Å²) in [5.41, 5.74) is 0.634. The Hall–Kier alpha value is -3.40. The zero-order chi connectivity index (χ0) is 25.8. The molecular weight excluding hydrogens is 479 g/mol. The topological polar surface area (TPSA) is 59.9 Å². The quantitative estimate of drug-likeness (QED) is 0.623. The number of aromatic nitrogens is 2. The molecule has 3 unspecified atom stereocenters. The van der Waals surface area contributed by atoms with E-state index in [4.69, 9.17) is 4.99 Å². The monoisotopic (exact) mass is 509 g/mol. The van der Waals surface area contributed by atoms with Crippen molar-refractivity contribution in [2.75, 3.05) is 30.0 Å². The molecule has 4 atom stereocenters. The fourth-order valence-electron chi connectivity index (χ4n) is 5.79. The molecule has 6 rings (SSSR count). The highest BCUT2D eigenvalue weighted by molar-refractivity contribution is 5.83. The van der Waals surface area contributed by atoms with E-state index in [-0.39, 0.29) is 6.04 Å². The van der Waals surface area contributed by atoms with Crippen molar-refractivity contribution in [1.82, 2.24) is 19.8 Å². The first-order chi connectivity index (χ1) is 17.7. The predicted octanol–water partition coefficient (Wildman–Crippen LogP) is 4.84. The molecular formula is C27H30F3N7. The number of rotatable bonds is 5. The van der Waals surface area contributed by atoms with Crippen molar-refractivity contribution >= 4 is 18.1 Å². The molecule has 1 N–H and O–H groups in total. The average Bonchev–Trinajstić information content (AvgIpc) is 3.56. The molecule has 0 saturated carbocycles. The van der Waals surface area contributed by atoms with Gasteiger partial charge < -0.3 is 15.1 Å². The van der Waals surface area contributed by atoms with Crippen LogP contribution in [0.1, 0.15) is 43.9 Å². The summed E-state index contributed by atoms with van der Waals surface area (Å²) in [6.07, 6.45) is 8.28. The molecule has 2 fully saturated rings. The molecule has 1 aromatic heterocycles. The summed E-state index contributed by atoms with van der Waals surface area (Å²) in [6, 6.07) is 7.35. The van der Waals surface area contributed by atoms with Crippen molar-refractivity contribution in [3.05, 3.63) is 71.6 Å². The number of nitrogens with zero attached hydrogens (tertiary/aromatic N) is 6. The summed E-state index contributed by atoms with van der Waals surface area (Å²) in [5.74, 6) is 1.02. The summed E-state index contributed by atoms with van der Waals surface area (Å²) in [7, 11) is 0. The minimum atomic E-state index is -4.39. The van der Waals surface area contributed by atoms with E-state index in [9.17, 15) is 13.2 Å². The maximum atomic E-state index is 13.1. The Bertz CT molecular complexity index is 1260. The normalized spacial score (nSPS) is 27.9. The van der Waals surface area contributed by atoms with Gasteiger partial charge in [-0.25, -0.2) is 4.98 Å². The highest BCUT2D eigenvalue weighted by Crippen LogP contribution is 2.38. The van der Waals surface area contributed by atoms with E-state index in [1.54, 1.807) is 19.2 Å². The van der Waals surface area contributed by atoms with Crippen LogP contribution in [0.5, 0.6) is 0 Å². The van der Waals surface area contributed by atoms with Crippen molar-refractivity contribution in [3.63, 3.8) is 0 Å². The molecule has 0 radical (unpaired) electrons. The first kappa shape index (κ1) is 24.0. The summed E-state index contributed by atoms with van der Waals surface area (Å²) in [6.45, 7) is 7.14. The van der Waals surface area contributed by atoms with E-state index in [1.807, 2.05) is 17.3 Å². The lowest BCUT2D eigenvalue weighted by molar-refractivity contribution is -0.137. The standard InChI is InChI=1S/C27H30F3N7/c1-18(19-5-3-6-20(13-19)27(28,29)30)33-25-31-11-10-24(34-25)37-16-32-26(2)14-21(8-9-23(26)37)36-15-22-7-4-12-35(22)17-36/h3,5-6,8-11,13-14,16,18,22-23H,4,7,12,15,17H2,1-2H3,(H,31,33,34)/t18-,22?,23?,26?/m0/s1. The van der Waals surface area contributed by atoms with Crippen LogP contribution in [0, 0.1) is 0 Å². The fraction of sp³-hybridized carbons (Fsp3) is 0.444. The molecule has 1 aromatic carbocycles. The molecule has 4 aliphatic rings. The first-order valence-corrected chi connectivity index (χ1v) is 12.7. The molecule has 0 bridgehead atoms. The van der Waals surface area contributed by atoms with Crippen LogP contribution >= 0.6 is 0 Å². The lowest BCUT2D eigenvalue weighted by atomic mass is 9.87. The smallest absolute Gasteiger partial charge is 0.357 e. The zero-order valence-electron chi connectivity index (χ0n) is 20.9. The number of anilines is 2. The molecule has 10 heteroatoms. The Balaban J connectivity index is 1.17. The van der Waals surface area contributed by atoms with Gasteiger partial charge in [-0.1, -0.05) is 18.2 Å². The van der Waals surface area contributed by atoms with Crippen LogP contribution in [0.2, 0.25) is 0 Å². The van der Waals surface area contributed by atoms with Crippen LogP contribution in [0.25, 0.3) is 0 Å². The number of fused-ring (bicyclic) bond motifs is 2. The summed E-state index contributed by atoms with van der Waals surface area (Å²) in [4.78, 5) is 20.9. The number of alkyl halides is 3. The van der Waals surface area contributed by atoms with Gasteiger partial charge in [0.25, 0.3) is 0 Å². The first-order valence-electron chi connectivity index (χ1n) is 12.7. The van der Waals surface area contributed by atoms with Crippen LogP contribution in [0.4, 0.5) is 24.9 Å². The second-order valence-corrected chi connectivity index (χ2v) is 10.5. The van der Waals surface area contributed by atoms with Crippen LogP contribution in [0.3, 0.4) is 0 Å². The van der Waals surface area contributed by atoms with Gasteiger partial charge in [0, 0.05) is 31.0 Å². The molecule has 37 heavy (non-hydrogen) atoms. The number of nitrogens with one attached hydrogen (secondary N) is 1. The van der Waals surface area contributed by atoms with Gasteiger partial charge >= 0.3 is 6.18 Å². The highest BCUT2D eigenvalue weighted by Gasteiger charge is 2.43. The van der Waals surface area contributed by atoms with E-state index >= 15 is 0 Å². The van der Waals surface area contributed by atoms with Crippen LogP contribution in [0.15, 0.2) is 65.4 Å². The SMILES string of the molecule is C[C@H](Nc1nccc(N2C=NC3(C)C=C(N4CC5CCCN5C4)C=CC23)n1)c1cccc(C(F)(F)F)c1. The molecule has 7 nitrogen and oxygen atoms in total. The van der Waals surface area contributed by atoms with Crippen molar-refractivity contribution in [2.24, 2.45) is 4.99 Å². The Morgan fingerprint density at radius 1 is 1.22 bits per heavy atom. The van der Waals surface area contributed by atoms with Crippen molar-refractivity contribution in [1.29, 1.82) is 0 Å². The number of aliphatic imine (C=N–C) groups is 1. The number of halogens is 3. The summed E-state index contributed by atoms with van der Waals surface area (Å²) < 4.78 is 39.4. The second-order valence-electron chi connectivity index (χ2n) is 10.5. The van der Waals surface area contributed by atoms with E-state index in [0.717, 1.165) is 25.3 Å². The van der Waals surface area contributed by atoms with E-state index in [2.05, 4.69) is 50.2 Å². The summed E-state index contributed by atoms with van der Waals surface area (Å²) in [5, 5.41) is 3.14. The molecule has 1 aliphatic carbocycles. The van der Waals surface area contributed by atoms with Crippen molar-refractivity contribution in [2.45, 2.75) is 56.5 Å². The van der Waals surface area contributed by atoms with Crippen LogP contribution < -0.4 is 10.2 Å². The molecule has 194 valence electrons. The zero-order valence-corrected chi connectivity index (χ0v) is 20.9. The maximum absolute atomic E-state index is 13.1. The van der Waals surface area contributed by atoms with E-state index in [1.165, 1.54) is 31.1 Å². The minimum Gasteiger partial charge on any atom is -0.357 e. The Morgan fingerprint density at radius 3 is 2.89 bits per heavy atom.